The van der Waals surface area contributed by atoms with Crippen molar-refractivity contribution in [3.05, 3.63) is 54.2 Å². The Labute approximate surface area is 146 Å². The van der Waals surface area contributed by atoms with Crippen molar-refractivity contribution in [1.82, 2.24) is 29.9 Å². The van der Waals surface area contributed by atoms with Gasteiger partial charge in [0.25, 0.3) is 0 Å². The monoisotopic (exact) mass is 338 g/mol. The molecule has 0 spiro atoms. The summed E-state index contributed by atoms with van der Waals surface area (Å²) in [5.74, 6) is 0.547. The Hall–Kier alpha value is -2.51. The summed E-state index contributed by atoms with van der Waals surface area (Å²) in [6.07, 6.45) is 9.46. The van der Waals surface area contributed by atoms with Gasteiger partial charge in [-0.3, -0.25) is 19.7 Å². The van der Waals surface area contributed by atoms with Crippen molar-refractivity contribution >= 4 is 0 Å². The fourth-order valence-corrected chi connectivity index (χ4v) is 3.72. The zero-order valence-corrected chi connectivity index (χ0v) is 14.2. The number of likely N-dealkylation sites (tertiary alicyclic amines) is 1. The fourth-order valence-electron chi connectivity index (χ4n) is 3.72. The van der Waals surface area contributed by atoms with Crippen LogP contribution in [0.2, 0.25) is 0 Å². The second-order valence-electron chi connectivity index (χ2n) is 6.70. The van der Waals surface area contributed by atoms with Crippen molar-refractivity contribution in [3.8, 4) is 11.3 Å². The number of nitrogens with zero attached hydrogens (tertiary/aromatic N) is 5. The molecule has 0 saturated carbocycles. The summed E-state index contributed by atoms with van der Waals surface area (Å²) in [6, 6.07) is 3.96. The van der Waals surface area contributed by atoms with E-state index in [2.05, 4.69) is 31.4 Å². The molecule has 0 radical (unpaired) electrons. The van der Waals surface area contributed by atoms with Crippen LogP contribution in [-0.2, 0) is 13.6 Å². The number of aliphatic hydroxyl groups excluding tert-OH is 1. The van der Waals surface area contributed by atoms with E-state index >= 15 is 0 Å². The number of rotatable bonds is 5. The molecule has 0 amide bonds. The number of aromatic nitrogens is 5. The molecule has 3 aromatic heterocycles. The lowest BCUT2D eigenvalue weighted by atomic mass is 9.92. The molecule has 25 heavy (non-hydrogen) atoms. The first-order valence-electron chi connectivity index (χ1n) is 8.49. The first kappa shape index (κ1) is 16.0. The van der Waals surface area contributed by atoms with Gasteiger partial charge in [-0.25, -0.2) is 0 Å². The predicted molar refractivity (Wildman–Crippen MR) is 93.6 cm³/mol. The van der Waals surface area contributed by atoms with Gasteiger partial charge in [0.15, 0.2) is 0 Å². The number of hydrogen-bond acceptors (Lipinski definition) is 5. The van der Waals surface area contributed by atoms with Crippen molar-refractivity contribution < 1.29 is 5.11 Å². The lowest BCUT2D eigenvalue weighted by Crippen LogP contribution is -2.21. The van der Waals surface area contributed by atoms with Gasteiger partial charge in [-0.1, -0.05) is 0 Å². The topological polar surface area (TPSA) is 82.9 Å². The molecule has 1 aliphatic heterocycles. The Morgan fingerprint density at radius 1 is 1.28 bits per heavy atom. The van der Waals surface area contributed by atoms with E-state index in [0.717, 1.165) is 36.5 Å². The lowest BCUT2D eigenvalue weighted by molar-refractivity contribution is 0.214. The van der Waals surface area contributed by atoms with Crippen molar-refractivity contribution in [2.45, 2.75) is 12.5 Å². The highest BCUT2D eigenvalue weighted by Crippen LogP contribution is 2.33. The minimum absolute atomic E-state index is 0.191. The maximum atomic E-state index is 9.80. The fraction of sp³-hybridized carbons (Fsp3) is 0.389. The third-order valence-corrected chi connectivity index (χ3v) is 4.97. The van der Waals surface area contributed by atoms with Crippen LogP contribution in [-0.4, -0.2) is 54.7 Å². The number of aromatic amines is 1. The highest BCUT2D eigenvalue weighted by Gasteiger charge is 2.34. The molecule has 0 unspecified atom stereocenters. The zero-order chi connectivity index (χ0) is 17.2. The average Bonchev–Trinajstić information content (AvgIpc) is 3.35. The Balaban J connectivity index is 1.52. The number of pyridine rings is 1. The highest BCUT2D eigenvalue weighted by molar-refractivity contribution is 5.61. The van der Waals surface area contributed by atoms with Crippen LogP contribution in [0.3, 0.4) is 0 Å². The van der Waals surface area contributed by atoms with Crippen LogP contribution in [0.4, 0.5) is 0 Å². The molecule has 1 saturated heterocycles. The molecule has 7 heteroatoms. The molecular weight excluding hydrogens is 316 g/mol. The van der Waals surface area contributed by atoms with E-state index in [-0.39, 0.29) is 12.5 Å². The molecular formula is C18H22N6O. The molecule has 2 atom stereocenters. The SMILES string of the molecule is Cn1cc([C@@H]2CN(Cc3cn[nH]c3-c3cccnc3)C[C@H]2CO)cn1. The van der Waals surface area contributed by atoms with E-state index in [1.807, 2.05) is 42.5 Å². The van der Waals surface area contributed by atoms with Crippen LogP contribution in [0.15, 0.2) is 43.1 Å². The lowest BCUT2D eigenvalue weighted by Gasteiger charge is -2.15. The van der Waals surface area contributed by atoms with Crippen LogP contribution in [0.5, 0.6) is 0 Å². The molecule has 1 fully saturated rings. The van der Waals surface area contributed by atoms with Gasteiger partial charge in [0.1, 0.15) is 0 Å². The molecule has 2 N–H and O–H groups in total. The normalized spacial score (nSPS) is 21.0. The quantitative estimate of drug-likeness (QED) is 0.735. The molecule has 0 aromatic carbocycles. The maximum Gasteiger partial charge on any atom is 0.0710 e. The smallest absolute Gasteiger partial charge is 0.0710 e. The molecule has 3 aromatic rings. The third-order valence-electron chi connectivity index (χ3n) is 4.97. The summed E-state index contributed by atoms with van der Waals surface area (Å²) in [5, 5.41) is 21.4. The van der Waals surface area contributed by atoms with Crippen LogP contribution >= 0.6 is 0 Å². The second-order valence-corrected chi connectivity index (χ2v) is 6.70. The Kier molecular flexibility index (Phi) is 4.33. The Morgan fingerprint density at radius 3 is 2.92 bits per heavy atom. The summed E-state index contributed by atoms with van der Waals surface area (Å²) < 4.78 is 1.82. The van der Waals surface area contributed by atoms with Crippen molar-refractivity contribution in [3.63, 3.8) is 0 Å². The van der Waals surface area contributed by atoms with Crippen LogP contribution in [0, 0.1) is 5.92 Å². The van der Waals surface area contributed by atoms with Crippen molar-refractivity contribution in [1.29, 1.82) is 0 Å². The van der Waals surface area contributed by atoms with Gasteiger partial charge in [0.2, 0.25) is 0 Å². The van der Waals surface area contributed by atoms with E-state index in [0.29, 0.717) is 5.92 Å². The van der Waals surface area contributed by atoms with E-state index in [9.17, 15) is 5.11 Å². The molecule has 130 valence electrons. The first-order valence-corrected chi connectivity index (χ1v) is 8.49. The molecule has 1 aliphatic rings. The Morgan fingerprint density at radius 2 is 2.20 bits per heavy atom. The van der Waals surface area contributed by atoms with Gasteiger partial charge in [0, 0.05) is 74.8 Å². The number of aliphatic hydroxyl groups is 1. The van der Waals surface area contributed by atoms with E-state index < -0.39 is 0 Å². The van der Waals surface area contributed by atoms with Gasteiger partial charge >= 0.3 is 0 Å². The minimum atomic E-state index is 0.191. The summed E-state index contributed by atoms with van der Waals surface area (Å²) >= 11 is 0. The Bertz CT molecular complexity index is 827. The number of nitrogens with one attached hydrogen (secondary N) is 1. The number of H-pyrrole nitrogens is 1. The second kappa shape index (κ2) is 6.78. The van der Waals surface area contributed by atoms with E-state index in [1.54, 1.807) is 6.20 Å². The van der Waals surface area contributed by atoms with Gasteiger partial charge in [0.05, 0.1) is 18.1 Å². The van der Waals surface area contributed by atoms with Crippen LogP contribution in [0.25, 0.3) is 11.3 Å². The van der Waals surface area contributed by atoms with Crippen molar-refractivity contribution in [2.24, 2.45) is 13.0 Å². The van der Waals surface area contributed by atoms with Crippen molar-refractivity contribution in [2.75, 3.05) is 19.7 Å². The van der Waals surface area contributed by atoms with Gasteiger partial charge in [-0.15, -0.1) is 0 Å². The van der Waals surface area contributed by atoms with Gasteiger partial charge in [-0.2, -0.15) is 10.2 Å². The molecule has 0 aliphatic carbocycles. The third kappa shape index (κ3) is 3.20. The van der Waals surface area contributed by atoms with E-state index in [4.69, 9.17) is 0 Å². The summed E-state index contributed by atoms with van der Waals surface area (Å²) in [7, 11) is 1.93. The van der Waals surface area contributed by atoms with Gasteiger partial charge < -0.3 is 5.11 Å². The average molecular weight is 338 g/mol. The van der Waals surface area contributed by atoms with Gasteiger partial charge in [-0.05, 0) is 17.7 Å². The minimum Gasteiger partial charge on any atom is -0.396 e. The molecule has 0 bridgehead atoms. The summed E-state index contributed by atoms with van der Waals surface area (Å²) in [4.78, 5) is 6.57. The number of hydrogen-bond donors (Lipinski definition) is 2. The van der Waals surface area contributed by atoms with E-state index in [1.165, 1.54) is 5.56 Å². The number of aryl methyl sites for hydroxylation is 1. The summed E-state index contributed by atoms with van der Waals surface area (Å²) in [5.41, 5.74) is 4.40. The molecule has 7 nitrogen and oxygen atoms in total. The molecule has 4 rings (SSSR count). The van der Waals surface area contributed by atoms with Crippen LogP contribution in [0.1, 0.15) is 17.0 Å². The highest BCUT2D eigenvalue weighted by atomic mass is 16.3. The maximum absolute atomic E-state index is 9.80. The zero-order valence-electron chi connectivity index (χ0n) is 14.2. The molecule has 4 heterocycles. The largest absolute Gasteiger partial charge is 0.396 e. The standard InChI is InChI=1S/C18H22N6O/c1-23-8-14(7-21-23)17-11-24(10-16(17)12-25)9-15-6-20-22-18(15)13-3-2-4-19-5-13/h2-8,16-17,25H,9-12H2,1H3,(H,20,22)/t16-,17-/m0/s1. The first-order chi connectivity index (χ1) is 12.2. The summed E-state index contributed by atoms with van der Waals surface area (Å²) in [6.45, 7) is 2.77. The predicted octanol–water partition coefficient (Wildman–Crippen LogP) is 1.41. The van der Waals surface area contributed by atoms with Crippen LogP contribution < -0.4 is 0 Å².